The summed E-state index contributed by atoms with van der Waals surface area (Å²) in [6.07, 6.45) is 0. The molecule has 0 saturated heterocycles. The van der Waals surface area contributed by atoms with Crippen molar-refractivity contribution in [3.63, 3.8) is 0 Å². The summed E-state index contributed by atoms with van der Waals surface area (Å²) in [6, 6.07) is 3.91. The number of benzene rings is 1. The Balaban J connectivity index is 2.90. The molecule has 1 aromatic rings. The minimum atomic E-state index is -0.846. The van der Waals surface area contributed by atoms with E-state index >= 15 is 0 Å². The van der Waals surface area contributed by atoms with Crippen molar-refractivity contribution in [1.82, 2.24) is 0 Å². The predicted octanol–water partition coefficient (Wildman–Crippen LogP) is 2.56. The second-order valence-electron chi connectivity index (χ2n) is 2.93. The topological polar surface area (TPSA) is 52.3 Å². The van der Waals surface area contributed by atoms with Crippen molar-refractivity contribution in [3.05, 3.63) is 33.8 Å². The molecule has 0 bridgehead atoms. The highest BCUT2D eigenvalue weighted by Gasteiger charge is 2.17. The zero-order valence-corrected chi connectivity index (χ0v) is 9.68. The lowest BCUT2D eigenvalue weighted by molar-refractivity contribution is -0.144. The number of esters is 1. The Bertz CT molecular complexity index is 348. The number of ether oxygens (including phenoxy) is 1. The predicted molar refractivity (Wildman–Crippen MR) is 60.0 cm³/mol. The summed E-state index contributed by atoms with van der Waals surface area (Å²) in [7, 11) is 0. The van der Waals surface area contributed by atoms with Gasteiger partial charge < -0.3 is 10.5 Å². The molecule has 0 aliphatic rings. The molecule has 0 unspecified atom stereocenters. The lowest BCUT2D eigenvalue weighted by Gasteiger charge is -2.11. The molecule has 0 heterocycles. The van der Waals surface area contributed by atoms with Crippen LogP contribution in [-0.4, -0.2) is 12.6 Å². The van der Waals surface area contributed by atoms with Crippen molar-refractivity contribution >= 4 is 29.2 Å². The minimum Gasteiger partial charge on any atom is -0.465 e. The Morgan fingerprint density at radius 2 is 1.93 bits per heavy atom. The molecule has 0 aromatic heterocycles. The third-order valence-corrected chi connectivity index (χ3v) is 2.22. The second-order valence-corrected chi connectivity index (χ2v) is 3.81. The van der Waals surface area contributed by atoms with Gasteiger partial charge in [-0.05, 0) is 30.7 Å². The van der Waals surface area contributed by atoms with Gasteiger partial charge in [-0.1, -0.05) is 23.2 Å². The third-order valence-electron chi connectivity index (χ3n) is 1.78. The van der Waals surface area contributed by atoms with Crippen LogP contribution in [0.3, 0.4) is 0 Å². The van der Waals surface area contributed by atoms with E-state index in [9.17, 15) is 4.79 Å². The van der Waals surface area contributed by atoms with E-state index in [1.807, 2.05) is 0 Å². The Morgan fingerprint density at radius 1 is 1.40 bits per heavy atom. The van der Waals surface area contributed by atoms with Crippen LogP contribution in [0.4, 0.5) is 0 Å². The highest BCUT2D eigenvalue weighted by Crippen LogP contribution is 2.23. The number of nitrogens with two attached hydrogens (primary N) is 1. The van der Waals surface area contributed by atoms with E-state index in [1.54, 1.807) is 25.1 Å². The van der Waals surface area contributed by atoms with Crippen LogP contribution < -0.4 is 5.73 Å². The van der Waals surface area contributed by atoms with Crippen molar-refractivity contribution < 1.29 is 9.53 Å². The Morgan fingerprint density at radius 3 is 2.40 bits per heavy atom. The first-order valence-electron chi connectivity index (χ1n) is 4.42. The molecule has 2 N–H and O–H groups in total. The molecule has 0 fully saturated rings. The zero-order valence-electron chi connectivity index (χ0n) is 8.17. The molecule has 1 atom stereocenters. The van der Waals surface area contributed by atoms with Crippen molar-refractivity contribution in [1.29, 1.82) is 0 Å². The number of carbonyl (C=O) groups is 1. The third kappa shape index (κ3) is 3.38. The summed E-state index contributed by atoms with van der Waals surface area (Å²) in [5, 5.41) is 0.884. The van der Waals surface area contributed by atoms with Gasteiger partial charge in [0.2, 0.25) is 0 Å². The molecular formula is C10H11Cl2NO2. The van der Waals surface area contributed by atoms with E-state index in [0.717, 1.165) is 0 Å². The van der Waals surface area contributed by atoms with Crippen molar-refractivity contribution in [2.75, 3.05) is 6.61 Å². The molecule has 82 valence electrons. The molecule has 0 spiro atoms. The quantitative estimate of drug-likeness (QED) is 0.836. The van der Waals surface area contributed by atoms with Crippen LogP contribution in [0.15, 0.2) is 18.2 Å². The van der Waals surface area contributed by atoms with E-state index in [2.05, 4.69) is 0 Å². The van der Waals surface area contributed by atoms with Gasteiger partial charge in [-0.25, -0.2) is 4.79 Å². The van der Waals surface area contributed by atoms with Crippen LogP contribution in [0.2, 0.25) is 10.0 Å². The Kier molecular flexibility index (Phi) is 4.39. The second kappa shape index (κ2) is 5.35. The van der Waals surface area contributed by atoms with Crippen LogP contribution in [0.25, 0.3) is 0 Å². The van der Waals surface area contributed by atoms with Gasteiger partial charge in [0.15, 0.2) is 0 Å². The molecule has 0 radical (unpaired) electrons. The van der Waals surface area contributed by atoms with Crippen molar-refractivity contribution in [2.45, 2.75) is 13.0 Å². The smallest absolute Gasteiger partial charge is 0.327 e. The Hall–Kier alpha value is -0.770. The fourth-order valence-electron chi connectivity index (χ4n) is 1.12. The van der Waals surface area contributed by atoms with Gasteiger partial charge >= 0.3 is 5.97 Å². The van der Waals surface area contributed by atoms with E-state index in [0.29, 0.717) is 22.2 Å². The monoisotopic (exact) mass is 247 g/mol. The fourth-order valence-corrected chi connectivity index (χ4v) is 1.67. The van der Waals surface area contributed by atoms with E-state index in [1.165, 1.54) is 0 Å². The van der Waals surface area contributed by atoms with Crippen molar-refractivity contribution in [3.8, 4) is 0 Å². The first kappa shape index (κ1) is 12.3. The van der Waals surface area contributed by atoms with E-state index < -0.39 is 12.0 Å². The van der Waals surface area contributed by atoms with Gasteiger partial charge in [-0.3, -0.25) is 0 Å². The molecule has 3 nitrogen and oxygen atoms in total. The van der Waals surface area contributed by atoms with E-state index in [-0.39, 0.29) is 0 Å². The molecule has 1 rings (SSSR count). The van der Waals surface area contributed by atoms with Gasteiger partial charge in [0.25, 0.3) is 0 Å². The van der Waals surface area contributed by atoms with Gasteiger partial charge in [-0.15, -0.1) is 0 Å². The number of hydrogen-bond donors (Lipinski definition) is 1. The maximum Gasteiger partial charge on any atom is 0.327 e. The van der Waals surface area contributed by atoms with Gasteiger partial charge in [-0.2, -0.15) is 0 Å². The molecular weight excluding hydrogens is 237 g/mol. The highest BCUT2D eigenvalue weighted by atomic mass is 35.5. The molecule has 0 saturated carbocycles. The maximum absolute atomic E-state index is 11.3. The van der Waals surface area contributed by atoms with Gasteiger partial charge in [0, 0.05) is 10.0 Å². The van der Waals surface area contributed by atoms with E-state index in [4.69, 9.17) is 33.7 Å². The normalized spacial score (nSPS) is 12.3. The van der Waals surface area contributed by atoms with Gasteiger partial charge in [0.05, 0.1) is 6.61 Å². The fraction of sp³-hybridized carbons (Fsp3) is 0.300. The molecule has 1 aromatic carbocycles. The van der Waals surface area contributed by atoms with Crippen LogP contribution in [0.1, 0.15) is 18.5 Å². The largest absolute Gasteiger partial charge is 0.465 e. The summed E-state index contributed by atoms with van der Waals surface area (Å²) in [5.74, 6) is -0.490. The van der Waals surface area contributed by atoms with Gasteiger partial charge in [0.1, 0.15) is 6.04 Å². The number of rotatable bonds is 3. The van der Waals surface area contributed by atoms with Crippen LogP contribution >= 0.6 is 23.2 Å². The number of carbonyl (C=O) groups excluding carboxylic acids is 1. The summed E-state index contributed by atoms with van der Waals surface area (Å²) >= 11 is 11.6. The lowest BCUT2D eigenvalue weighted by Crippen LogP contribution is -2.23. The van der Waals surface area contributed by atoms with Crippen molar-refractivity contribution in [2.24, 2.45) is 5.73 Å². The molecule has 0 aliphatic carbocycles. The number of hydrogen-bond acceptors (Lipinski definition) is 3. The zero-order chi connectivity index (χ0) is 11.4. The SMILES string of the molecule is CCOC(=O)[C@@H](N)c1cc(Cl)cc(Cl)c1. The first-order chi connectivity index (χ1) is 7.04. The molecule has 0 aliphatic heterocycles. The molecule has 15 heavy (non-hydrogen) atoms. The average Bonchev–Trinajstić information content (AvgIpc) is 2.15. The minimum absolute atomic E-state index is 0.292. The van der Waals surface area contributed by atoms with Crippen LogP contribution in [0.5, 0.6) is 0 Å². The summed E-state index contributed by atoms with van der Waals surface area (Å²) in [6.45, 7) is 2.01. The highest BCUT2D eigenvalue weighted by molar-refractivity contribution is 6.34. The van der Waals surface area contributed by atoms with Crippen LogP contribution in [-0.2, 0) is 9.53 Å². The van der Waals surface area contributed by atoms with Crippen LogP contribution in [0, 0.1) is 0 Å². The molecule has 0 amide bonds. The maximum atomic E-state index is 11.3. The standard InChI is InChI=1S/C10H11Cl2NO2/c1-2-15-10(14)9(13)6-3-7(11)5-8(12)4-6/h3-5,9H,2,13H2,1H3/t9-/m0/s1. The summed E-state index contributed by atoms with van der Waals surface area (Å²) in [5.41, 5.74) is 6.22. The summed E-state index contributed by atoms with van der Waals surface area (Å²) < 4.78 is 4.79. The number of halogens is 2. The first-order valence-corrected chi connectivity index (χ1v) is 5.18. The average molecular weight is 248 g/mol. The lowest BCUT2D eigenvalue weighted by atomic mass is 10.1. The molecule has 5 heteroatoms. The summed E-state index contributed by atoms with van der Waals surface area (Å²) in [4.78, 5) is 11.3. The Labute approximate surface area is 98.1 Å².